The van der Waals surface area contributed by atoms with Crippen LogP contribution in [0.3, 0.4) is 0 Å². The lowest BCUT2D eigenvalue weighted by molar-refractivity contribution is -0.128. The molecule has 2 heterocycles. The highest BCUT2D eigenvalue weighted by Gasteiger charge is 2.38. The Hall–Kier alpha value is -2.58. The maximum absolute atomic E-state index is 13.1. The number of nitrogens with one attached hydrogen (secondary N) is 1. The molecule has 0 aliphatic carbocycles. The highest BCUT2D eigenvalue weighted by atomic mass is 32.2. The minimum Gasteiger partial charge on any atom is -0.476 e. The van der Waals surface area contributed by atoms with E-state index in [0.717, 1.165) is 12.8 Å². The molecule has 1 amide bonds. The number of anilines is 1. The Labute approximate surface area is 183 Å². The van der Waals surface area contributed by atoms with Gasteiger partial charge in [0.05, 0.1) is 18.0 Å². The van der Waals surface area contributed by atoms with Gasteiger partial charge in [-0.15, -0.1) is 0 Å². The molecule has 31 heavy (non-hydrogen) atoms. The summed E-state index contributed by atoms with van der Waals surface area (Å²) < 4.78 is 38.1. The van der Waals surface area contributed by atoms with Gasteiger partial charge in [-0.25, -0.2) is 8.42 Å². The number of carbonyl (C=O) groups excluding carboxylic acids is 1. The van der Waals surface area contributed by atoms with Gasteiger partial charge >= 0.3 is 0 Å². The standard InChI is InChI=1S/C23H28N2O5S/c1-2-31(27,28)25-16-21(30-20-11-7-6-10-19(20)25)22(26)24-17-23(12-14-29-15-13-23)18-8-4-3-5-9-18/h3-11,21H,2,12-17H2,1H3,(H,24,26). The summed E-state index contributed by atoms with van der Waals surface area (Å²) in [5.41, 5.74) is 1.43. The van der Waals surface area contributed by atoms with Crippen molar-refractivity contribution in [3.8, 4) is 5.75 Å². The minimum absolute atomic E-state index is 0.0412. The molecule has 2 aromatic carbocycles. The molecule has 1 saturated heterocycles. The molecule has 1 atom stereocenters. The fourth-order valence-electron chi connectivity index (χ4n) is 4.25. The van der Waals surface area contributed by atoms with Crippen molar-refractivity contribution in [2.75, 3.05) is 36.4 Å². The third kappa shape index (κ3) is 4.41. The van der Waals surface area contributed by atoms with Crippen LogP contribution in [-0.4, -0.2) is 52.5 Å². The zero-order valence-corrected chi connectivity index (χ0v) is 18.4. The van der Waals surface area contributed by atoms with Crippen molar-refractivity contribution in [2.24, 2.45) is 0 Å². The van der Waals surface area contributed by atoms with Crippen molar-refractivity contribution >= 4 is 21.6 Å². The second kappa shape index (κ2) is 8.88. The van der Waals surface area contributed by atoms with Crippen LogP contribution >= 0.6 is 0 Å². The fourth-order valence-corrected chi connectivity index (χ4v) is 5.37. The normalized spacial score (nSPS) is 20.4. The van der Waals surface area contributed by atoms with Crippen LogP contribution in [0.25, 0.3) is 0 Å². The maximum atomic E-state index is 13.1. The first-order valence-electron chi connectivity index (χ1n) is 10.6. The molecule has 0 radical (unpaired) electrons. The van der Waals surface area contributed by atoms with Crippen molar-refractivity contribution in [1.82, 2.24) is 5.32 Å². The summed E-state index contributed by atoms with van der Waals surface area (Å²) in [5, 5.41) is 3.04. The van der Waals surface area contributed by atoms with E-state index in [9.17, 15) is 13.2 Å². The Morgan fingerprint density at radius 2 is 1.77 bits per heavy atom. The summed E-state index contributed by atoms with van der Waals surface area (Å²) in [6, 6.07) is 17.1. The van der Waals surface area contributed by atoms with Gasteiger partial charge in [-0.05, 0) is 37.5 Å². The number of fused-ring (bicyclic) bond motifs is 1. The molecule has 2 aliphatic rings. The van der Waals surface area contributed by atoms with Gasteiger partial charge in [0.25, 0.3) is 5.91 Å². The summed E-state index contributed by atoms with van der Waals surface area (Å²) >= 11 is 0. The number of hydrogen-bond donors (Lipinski definition) is 1. The second-order valence-electron chi connectivity index (χ2n) is 7.98. The molecular weight excluding hydrogens is 416 g/mol. The average Bonchev–Trinajstić information content (AvgIpc) is 2.83. The molecule has 2 aliphatic heterocycles. The Kier molecular flexibility index (Phi) is 6.20. The first-order valence-corrected chi connectivity index (χ1v) is 12.2. The van der Waals surface area contributed by atoms with Crippen LogP contribution < -0.4 is 14.4 Å². The fraction of sp³-hybridized carbons (Fsp3) is 0.435. The number of carbonyl (C=O) groups is 1. The smallest absolute Gasteiger partial charge is 0.263 e. The number of rotatable bonds is 6. The van der Waals surface area contributed by atoms with Crippen molar-refractivity contribution in [1.29, 1.82) is 0 Å². The van der Waals surface area contributed by atoms with Crippen LogP contribution in [0.2, 0.25) is 0 Å². The molecule has 0 aromatic heterocycles. The average molecular weight is 445 g/mol. The van der Waals surface area contributed by atoms with E-state index < -0.39 is 16.1 Å². The van der Waals surface area contributed by atoms with Gasteiger partial charge in [0, 0.05) is 25.2 Å². The lowest BCUT2D eigenvalue weighted by Crippen LogP contribution is -2.53. The van der Waals surface area contributed by atoms with Gasteiger partial charge in [0.1, 0.15) is 5.75 Å². The SMILES string of the molecule is CCS(=O)(=O)N1CC(C(=O)NCC2(c3ccccc3)CCOCC2)Oc2ccccc21. The Morgan fingerprint density at radius 3 is 2.48 bits per heavy atom. The topological polar surface area (TPSA) is 84.9 Å². The molecule has 166 valence electrons. The summed E-state index contributed by atoms with van der Waals surface area (Å²) in [5.74, 6) is 0.0367. The summed E-state index contributed by atoms with van der Waals surface area (Å²) in [6.07, 6.45) is 0.702. The third-order valence-corrected chi connectivity index (χ3v) is 7.91. The first-order chi connectivity index (χ1) is 15.0. The first kappa shape index (κ1) is 21.6. The van der Waals surface area contributed by atoms with Gasteiger partial charge < -0.3 is 14.8 Å². The van der Waals surface area contributed by atoms with Crippen molar-refractivity contribution in [2.45, 2.75) is 31.3 Å². The second-order valence-corrected chi connectivity index (χ2v) is 10.2. The third-order valence-electron chi connectivity index (χ3n) is 6.16. The Bertz CT molecular complexity index is 1020. The number of para-hydroxylation sites is 2. The van der Waals surface area contributed by atoms with E-state index in [2.05, 4.69) is 17.4 Å². The van der Waals surface area contributed by atoms with Gasteiger partial charge in [0.15, 0.2) is 6.10 Å². The predicted octanol–water partition coefficient (Wildman–Crippen LogP) is 2.47. The van der Waals surface area contributed by atoms with Crippen molar-refractivity contribution < 1.29 is 22.7 Å². The predicted molar refractivity (Wildman–Crippen MR) is 119 cm³/mol. The Morgan fingerprint density at radius 1 is 1.10 bits per heavy atom. The minimum atomic E-state index is -3.53. The quantitative estimate of drug-likeness (QED) is 0.740. The van der Waals surface area contributed by atoms with E-state index in [-0.39, 0.29) is 23.6 Å². The molecule has 4 rings (SSSR count). The van der Waals surface area contributed by atoms with E-state index in [1.807, 2.05) is 18.2 Å². The number of sulfonamides is 1. The lowest BCUT2D eigenvalue weighted by atomic mass is 9.74. The lowest BCUT2D eigenvalue weighted by Gasteiger charge is -2.39. The zero-order chi connectivity index (χ0) is 21.9. The van der Waals surface area contributed by atoms with Gasteiger partial charge in [-0.2, -0.15) is 0 Å². The number of nitrogens with zero attached hydrogens (tertiary/aromatic N) is 1. The van der Waals surface area contributed by atoms with Crippen LogP contribution in [0.5, 0.6) is 5.75 Å². The summed E-state index contributed by atoms with van der Waals surface area (Å²) in [4.78, 5) is 13.1. The number of ether oxygens (including phenoxy) is 2. The van der Waals surface area contributed by atoms with E-state index in [1.54, 1.807) is 31.2 Å². The maximum Gasteiger partial charge on any atom is 0.263 e. The molecule has 1 unspecified atom stereocenters. The van der Waals surface area contributed by atoms with E-state index in [0.29, 0.717) is 31.2 Å². The monoisotopic (exact) mass is 444 g/mol. The molecular formula is C23H28N2O5S. The highest BCUT2D eigenvalue weighted by molar-refractivity contribution is 7.92. The van der Waals surface area contributed by atoms with E-state index in [1.165, 1.54) is 9.87 Å². The zero-order valence-electron chi connectivity index (χ0n) is 17.6. The number of hydrogen-bond acceptors (Lipinski definition) is 5. The largest absolute Gasteiger partial charge is 0.476 e. The summed E-state index contributed by atoms with van der Waals surface area (Å²) in [6.45, 7) is 3.28. The highest BCUT2D eigenvalue weighted by Crippen LogP contribution is 2.36. The molecule has 0 saturated carbocycles. The Balaban J connectivity index is 1.53. The molecule has 0 spiro atoms. The van der Waals surface area contributed by atoms with Gasteiger partial charge in [-0.3, -0.25) is 9.10 Å². The number of benzene rings is 2. The molecule has 8 heteroatoms. The van der Waals surface area contributed by atoms with Crippen LogP contribution in [-0.2, 0) is 25.0 Å². The van der Waals surface area contributed by atoms with Crippen LogP contribution in [0, 0.1) is 0 Å². The molecule has 2 aromatic rings. The van der Waals surface area contributed by atoms with E-state index >= 15 is 0 Å². The molecule has 7 nitrogen and oxygen atoms in total. The van der Waals surface area contributed by atoms with Crippen LogP contribution in [0.4, 0.5) is 5.69 Å². The van der Waals surface area contributed by atoms with Crippen LogP contribution in [0.1, 0.15) is 25.3 Å². The van der Waals surface area contributed by atoms with Crippen molar-refractivity contribution in [3.63, 3.8) is 0 Å². The number of amides is 1. The van der Waals surface area contributed by atoms with Gasteiger partial charge in [0.2, 0.25) is 10.0 Å². The van der Waals surface area contributed by atoms with Crippen LogP contribution in [0.15, 0.2) is 54.6 Å². The molecule has 1 fully saturated rings. The molecule has 0 bridgehead atoms. The van der Waals surface area contributed by atoms with Crippen molar-refractivity contribution in [3.05, 3.63) is 60.2 Å². The van der Waals surface area contributed by atoms with E-state index in [4.69, 9.17) is 9.47 Å². The molecule has 1 N–H and O–H groups in total. The van der Waals surface area contributed by atoms with Gasteiger partial charge in [-0.1, -0.05) is 42.5 Å². The summed E-state index contributed by atoms with van der Waals surface area (Å²) in [7, 11) is -3.53.